The highest BCUT2D eigenvalue weighted by atomic mass is 16.2. The Morgan fingerprint density at radius 3 is 2.67 bits per heavy atom. The van der Waals surface area contributed by atoms with E-state index in [0.29, 0.717) is 25.2 Å². The molecular weight excluding hydrogens is 304 g/mol. The third kappa shape index (κ3) is 2.38. The van der Waals surface area contributed by atoms with Crippen LogP contribution in [0, 0.1) is 5.92 Å². The molecule has 2 N–H and O–H groups in total. The van der Waals surface area contributed by atoms with Gasteiger partial charge in [-0.05, 0) is 37.8 Å². The van der Waals surface area contributed by atoms with Crippen molar-refractivity contribution in [1.82, 2.24) is 14.7 Å². The van der Waals surface area contributed by atoms with Gasteiger partial charge in [-0.2, -0.15) is 5.10 Å². The van der Waals surface area contributed by atoms with Gasteiger partial charge in [-0.3, -0.25) is 9.59 Å². The molecule has 1 fully saturated rings. The van der Waals surface area contributed by atoms with Gasteiger partial charge in [0.2, 0.25) is 5.91 Å². The molecule has 0 spiro atoms. The highest BCUT2D eigenvalue weighted by molar-refractivity contribution is 5.95. The molecule has 0 radical (unpaired) electrons. The molecule has 2 aromatic rings. The molecule has 1 aliphatic carbocycles. The van der Waals surface area contributed by atoms with E-state index in [9.17, 15) is 9.59 Å². The quantitative estimate of drug-likeness (QED) is 0.924. The van der Waals surface area contributed by atoms with Crippen molar-refractivity contribution in [2.75, 3.05) is 13.1 Å². The van der Waals surface area contributed by atoms with Gasteiger partial charge in [-0.1, -0.05) is 18.2 Å². The van der Waals surface area contributed by atoms with Gasteiger partial charge in [-0.25, -0.2) is 4.68 Å². The van der Waals surface area contributed by atoms with Crippen molar-refractivity contribution in [2.24, 2.45) is 11.7 Å². The van der Waals surface area contributed by atoms with E-state index in [-0.39, 0.29) is 17.7 Å². The molecule has 2 amide bonds. The fraction of sp³-hybridized carbons (Fsp3) is 0.389. The summed E-state index contributed by atoms with van der Waals surface area (Å²) in [4.78, 5) is 26.0. The molecule has 4 rings (SSSR count). The summed E-state index contributed by atoms with van der Waals surface area (Å²) in [5.41, 5.74) is 9.08. The van der Waals surface area contributed by atoms with Gasteiger partial charge >= 0.3 is 0 Å². The van der Waals surface area contributed by atoms with Crippen LogP contribution in [-0.2, 0) is 17.6 Å². The van der Waals surface area contributed by atoms with Gasteiger partial charge in [0.25, 0.3) is 5.91 Å². The van der Waals surface area contributed by atoms with Crippen molar-refractivity contribution in [3.63, 3.8) is 0 Å². The number of aromatic nitrogens is 2. The zero-order chi connectivity index (χ0) is 16.7. The van der Waals surface area contributed by atoms with Crippen LogP contribution in [0.15, 0.2) is 30.3 Å². The standard InChI is InChI=1S/C18H20N4O2/c19-17(23)12-9-10-21(11-12)18(24)16-14-7-4-8-15(14)22(20-16)13-5-2-1-3-6-13/h1-3,5-6,12H,4,7-11H2,(H2,19,23)/t12-/m0/s1. The Morgan fingerprint density at radius 1 is 1.17 bits per heavy atom. The predicted octanol–water partition coefficient (Wildman–Crippen LogP) is 1.31. The van der Waals surface area contributed by atoms with E-state index < -0.39 is 0 Å². The maximum atomic E-state index is 12.9. The highest BCUT2D eigenvalue weighted by Gasteiger charge is 2.34. The molecule has 0 saturated carbocycles. The Labute approximate surface area is 140 Å². The lowest BCUT2D eigenvalue weighted by molar-refractivity contribution is -0.121. The molecule has 1 atom stereocenters. The van der Waals surface area contributed by atoms with Crippen LogP contribution in [0.4, 0.5) is 0 Å². The monoisotopic (exact) mass is 324 g/mol. The first-order valence-corrected chi connectivity index (χ1v) is 8.40. The molecule has 1 saturated heterocycles. The summed E-state index contributed by atoms with van der Waals surface area (Å²) >= 11 is 0. The normalized spacial score (nSPS) is 19.5. The summed E-state index contributed by atoms with van der Waals surface area (Å²) < 4.78 is 1.90. The Morgan fingerprint density at radius 2 is 1.96 bits per heavy atom. The molecule has 2 heterocycles. The third-order valence-electron chi connectivity index (χ3n) is 5.01. The first kappa shape index (κ1) is 14.9. The average Bonchev–Trinajstić information content (AvgIpc) is 3.31. The van der Waals surface area contributed by atoms with Crippen LogP contribution < -0.4 is 5.73 Å². The molecular formula is C18H20N4O2. The summed E-state index contributed by atoms with van der Waals surface area (Å²) in [6, 6.07) is 9.90. The molecule has 6 heteroatoms. The first-order valence-electron chi connectivity index (χ1n) is 8.40. The van der Waals surface area contributed by atoms with Crippen molar-refractivity contribution in [3.8, 4) is 5.69 Å². The summed E-state index contributed by atoms with van der Waals surface area (Å²) in [5, 5.41) is 4.63. The molecule has 1 aliphatic heterocycles. The van der Waals surface area contributed by atoms with Gasteiger partial charge in [0.05, 0.1) is 11.6 Å². The Bertz CT molecular complexity index is 797. The smallest absolute Gasteiger partial charge is 0.274 e. The number of hydrogen-bond acceptors (Lipinski definition) is 3. The lowest BCUT2D eigenvalue weighted by Crippen LogP contribution is -2.32. The van der Waals surface area contributed by atoms with Crippen molar-refractivity contribution < 1.29 is 9.59 Å². The first-order chi connectivity index (χ1) is 11.6. The second-order valence-corrected chi connectivity index (χ2v) is 6.51. The molecule has 6 nitrogen and oxygen atoms in total. The molecule has 0 unspecified atom stereocenters. The number of carbonyl (C=O) groups is 2. The molecule has 1 aromatic heterocycles. The van der Waals surface area contributed by atoms with E-state index in [1.807, 2.05) is 35.0 Å². The third-order valence-corrected chi connectivity index (χ3v) is 5.01. The summed E-state index contributed by atoms with van der Waals surface area (Å²) in [6.45, 7) is 0.973. The van der Waals surface area contributed by atoms with Gasteiger partial charge in [0.1, 0.15) is 0 Å². The predicted molar refractivity (Wildman–Crippen MR) is 88.8 cm³/mol. The second kappa shape index (κ2) is 5.78. The Balaban J connectivity index is 1.67. The molecule has 124 valence electrons. The number of primary amides is 1. The number of likely N-dealkylation sites (tertiary alicyclic amines) is 1. The number of amides is 2. The average molecular weight is 324 g/mol. The van der Waals surface area contributed by atoms with Gasteiger partial charge in [0.15, 0.2) is 5.69 Å². The zero-order valence-electron chi connectivity index (χ0n) is 13.4. The Hall–Kier alpha value is -2.63. The molecule has 2 aliphatic rings. The van der Waals surface area contributed by atoms with Crippen molar-refractivity contribution in [2.45, 2.75) is 25.7 Å². The van der Waals surface area contributed by atoms with E-state index in [0.717, 1.165) is 36.2 Å². The minimum absolute atomic E-state index is 0.0772. The minimum atomic E-state index is -0.328. The number of carbonyl (C=O) groups excluding carboxylic acids is 2. The number of benzene rings is 1. The topological polar surface area (TPSA) is 81.2 Å². The van der Waals surface area contributed by atoms with Crippen molar-refractivity contribution in [3.05, 3.63) is 47.3 Å². The number of para-hydroxylation sites is 1. The highest BCUT2D eigenvalue weighted by Crippen LogP contribution is 2.29. The fourth-order valence-electron chi connectivity index (χ4n) is 3.72. The second-order valence-electron chi connectivity index (χ2n) is 6.51. The maximum absolute atomic E-state index is 12.9. The lowest BCUT2D eigenvalue weighted by atomic mass is 10.1. The van der Waals surface area contributed by atoms with E-state index in [2.05, 4.69) is 5.10 Å². The molecule has 0 bridgehead atoms. The minimum Gasteiger partial charge on any atom is -0.369 e. The van der Waals surface area contributed by atoms with E-state index in [1.54, 1.807) is 4.90 Å². The van der Waals surface area contributed by atoms with E-state index >= 15 is 0 Å². The van der Waals surface area contributed by atoms with Crippen molar-refractivity contribution in [1.29, 1.82) is 0 Å². The number of nitrogens with two attached hydrogens (primary N) is 1. The maximum Gasteiger partial charge on any atom is 0.274 e. The largest absolute Gasteiger partial charge is 0.369 e. The van der Waals surface area contributed by atoms with Gasteiger partial charge in [0, 0.05) is 24.3 Å². The van der Waals surface area contributed by atoms with Crippen molar-refractivity contribution >= 4 is 11.8 Å². The number of nitrogens with zero attached hydrogens (tertiary/aromatic N) is 3. The Kier molecular flexibility index (Phi) is 3.59. The summed E-state index contributed by atoms with van der Waals surface area (Å²) in [5.74, 6) is -0.643. The van der Waals surface area contributed by atoms with E-state index in [1.165, 1.54) is 0 Å². The van der Waals surface area contributed by atoms with Crippen LogP contribution in [0.25, 0.3) is 5.69 Å². The van der Waals surface area contributed by atoms with Gasteiger partial charge in [-0.15, -0.1) is 0 Å². The molecule has 24 heavy (non-hydrogen) atoms. The summed E-state index contributed by atoms with van der Waals surface area (Å²) in [7, 11) is 0. The van der Waals surface area contributed by atoms with Crippen LogP contribution in [0.3, 0.4) is 0 Å². The lowest BCUT2D eigenvalue weighted by Gasteiger charge is -2.15. The number of fused-ring (bicyclic) bond motifs is 1. The fourth-order valence-corrected chi connectivity index (χ4v) is 3.72. The number of rotatable bonds is 3. The molecule has 1 aromatic carbocycles. The summed E-state index contributed by atoms with van der Waals surface area (Å²) in [6.07, 6.45) is 3.51. The van der Waals surface area contributed by atoms with Crippen LogP contribution in [0.2, 0.25) is 0 Å². The van der Waals surface area contributed by atoms with Crippen LogP contribution in [0.1, 0.15) is 34.6 Å². The van der Waals surface area contributed by atoms with Crippen LogP contribution in [0.5, 0.6) is 0 Å². The van der Waals surface area contributed by atoms with Crippen LogP contribution >= 0.6 is 0 Å². The zero-order valence-corrected chi connectivity index (χ0v) is 13.4. The SMILES string of the molecule is NC(=O)[C@H]1CCN(C(=O)c2nn(-c3ccccc3)c3c2CCC3)C1. The number of hydrogen-bond donors (Lipinski definition) is 1. The van der Waals surface area contributed by atoms with Gasteiger partial charge < -0.3 is 10.6 Å². The van der Waals surface area contributed by atoms with E-state index in [4.69, 9.17) is 5.73 Å². The van der Waals surface area contributed by atoms with Crippen LogP contribution in [-0.4, -0.2) is 39.6 Å².